The van der Waals surface area contributed by atoms with Crippen LogP contribution in [0.3, 0.4) is 0 Å². The molecular weight excluding hydrogens is 535 g/mol. The minimum absolute atomic E-state index is 0. The molecule has 0 aliphatic heterocycles. The fraction of sp³-hybridized carbons (Fsp3) is 0.250. The van der Waals surface area contributed by atoms with Crippen LogP contribution in [0.15, 0.2) is 65.8 Å². The van der Waals surface area contributed by atoms with Gasteiger partial charge in [-0.05, 0) is 48.9 Å². The normalized spacial score (nSPS) is 10.7. The predicted molar refractivity (Wildman–Crippen MR) is 140 cm³/mol. The minimum Gasteiger partial charge on any atom is -0.494 e. The van der Waals surface area contributed by atoms with Crippen LogP contribution in [-0.2, 0) is 6.54 Å². The highest BCUT2D eigenvalue weighted by molar-refractivity contribution is 14.0. The lowest BCUT2D eigenvalue weighted by Crippen LogP contribution is -2.22. The molecule has 0 aliphatic rings. The highest BCUT2D eigenvalue weighted by Crippen LogP contribution is 2.30. The van der Waals surface area contributed by atoms with Crippen molar-refractivity contribution >= 4 is 35.6 Å². The van der Waals surface area contributed by atoms with E-state index < -0.39 is 0 Å². The monoisotopic (exact) mass is 564 g/mol. The van der Waals surface area contributed by atoms with E-state index >= 15 is 0 Å². The number of nitrogens with zero attached hydrogens (tertiary/aromatic N) is 2. The van der Waals surface area contributed by atoms with E-state index in [9.17, 15) is 0 Å². The number of hydrogen-bond donors (Lipinski definition) is 2. The van der Waals surface area contributed by atoms with Crippen molar-refractivity contribution in [1.29, 1.82) is 0 Å². The molecule has 8 nitrogen and oxygen atoms in total. The molecular formula is C24H29IN4O4. The third-order valence-electron chi connectivity index (χ3n) is 4.44. The van der Waals surface area contributed by atoms with Gasteiger partial charge in [0.05, 0.1) is 27.4 Å². The number of methoxy groups -OCH3 is 2. The van der Waals surface area contributed by atoms with E-state index in [2.05, 4.69) is 22.2 Å². The van der Waals surface area contributed by atoms with Crippen LogP contribution in [0.25, 0.3) is 0 Å². The number of benzene rings is 2. The van der Waals surface area contributed by atoms with E-state index in [1.807, 2.05) is 42.5 Å². The first kappa shape index (κ1) is 26.0. The van der Waals surface area contributed by atoms with Crippen molar-refractivity contribution in [3.63, 3.8) is 0 Å². The lowest BCUT2D eigenvalue weighted by Gasteiger charge is -2.12. The fourth-order valence-electron chi connectivity index (χ4n) is 2.84. The van der Waals surface area contributed by atoms with Gasteiger partial charge in [-0.1, -0.05) is 13.0 Å². The Hall–Kier alpha value is -3.21. The Labute approximate surface area is 211 Å². The Morgan fingerprint density at radius 2 is 1.73 bits per heavy atom. The number of aromatic nitrogens is 1. The predicted octanol–water partition coefficient (Wildman–Crippen LogP) is 5.22. The van der Waals surface area contributed by atoms with Crippen molar-refractivity contribution in [1.82, 2.24) is 4.98 Å². The molecule has 2 aromatic carbocycles. The van der Waals surface area contributed by atoms with Gasteiger partial charge in [0.2, 0.25) is 5.88 Å². The summed E-state index contributed by atoms with van der Waals surface area (Å²) in [5.74, 6) is 3.42. The summed E-state index contributed by atoms with van der Waals surface area (Å²) in [7, 11) is 3.16. The molecule has 3 aromatic rings. The first-order valence-electron chi connectivity index (χ1n) is 10.3. The Morgan fingerprint density at radius 3 is 2.42 bits per heavy atom. The molecule has 0 fully saturated rings. The van der Waals surface area contributed by atoms with E-state index in [1.54, 1.807) is 32.5 Å². The quantitative estimate of drug-likeness (QED) is 0.198. The molecule has 0 saturated carbocycles. The number of hydrogen-bond acceptors (Lipinski definition) is 6. The summed E-state index contributed by atoms with van der Waals surface area (Å²) in [4.78, 5) is 8.74. The molecule has 3 N–H and O–H groups in total. The molecule has 0 atom stereocenters. The summed E-state index contributed by atoms with van der Waals surface area (Å²) >= 11 is 0. The zero-order chi connectivity index (χ0) is 22.8. The van der Waals surface area contributed by atoms with Gasteiger partial charge in [-0.2, -0.15) is 0 Å². The molecule has 9 heteroatoms. The zero-order valence-corrected chi connectivity index (χ0v) is 21.2. The molecule has 0 bridgehead atoms. The van der Waals surface area contributed by atoms with Crippen LogP contribution in [0, 0.1) is 0 Å². The maximum Gasteiger partial charge on any atom is 0.224 e. The van der Waals surface area contributed by atoms with Crippen molar-refractivity contribution in [3.05, 3.63) is 66.4 Å². The lowest BCUT2D eigenvalue weighted by atomic mass is 10.2. The maximum absolute atomic E-state index is 6.07. The zero-order valence-electron chi connectivity index (χ0n) is 18.9. The lowest BCUT2D eigenvalue weighted by molar-refractivity contribution is 0.317. The van der Waals surface area contributed by atoms with Gasteiger partial charge in [0, 0.05) is 23.5 Å². The molecule has 3 rings (SSSR count). The summed E-state index contributed by atoms with van der Waals surface area (Å²) in [6, 6.07) is 16.6. The second kappa shape index (κ2) is 13.4. The van der Waals surface area contributed by atoms with Crippen LogP contribution in [0.4, 0.5) is 5.69 Å². The number of nitrogens with one attached hydrogen (secondary N) is 1. The molecule has 33 heavy (non-hydrogen) atoms. The van der Waals surface area contributed by atoms with Crippen LogP contribution >= 0.6 is 24.0 Å². The van der Waals surface area contributed by atoms with Gasteiger partial charge in [0.25, 0.3) is 0 Å². The van der Waals surface area contributed by atoms with Crippen LogP contribution in [-0.4, -0.2) is 31.8 Å². The summed E-state index contributed by atoms with van der Waals surface area (Å²) in [6.07, 6.45) is 2.63. The van der Waals surface area contributed by atoms with Crippen molar-refractivity contribution in [3.8, 4) is 28.9 Å². The molecule has 0 radical (unpaired) electrons. The van der Waals surface area contributed by atoms with Crippen molar-refractivity contribution < 1.29 is 18.9 Å². The molecule has 1 aromatic heterocycles. The molecule has 1 heterocycles. The van der Waals surface area contributed by atoms with Crippen LogP contribution < -0.4 is 30.0 Å². The van der Waals surface area contributed by atoms with Crippen molar-refractivity contribution in [2.75, 3.05) is 26.1 Å². The highest BCUT2D eigenvalue weighted by Gasteiger charge is 2.08. The number of nitrogens with two attached hydrogens (primary N) is 1. The van der Waals surface area contributed by atoms with Gasteiger partial charge in [0.1, 0.15) is 11.5 Å². The van der Waals surface area contributed by atoms with E-state index in [0.717, 1.165) is 23.4 Å². The standard InChI is InChI=1S/C24H28N4O4.HI/c1-4-14-31-19-8-10-20(11-9-19)32-23-17(6-5-13-26-23)16-27-24(25)28-18-7-12-21(29-2)22(15-18)30-3;/h5-13,15H,4,14,16H2,1-3H3,(H3,25,27,28);1H. The van der Waals surface area contributed by atoms with E-state index in [0.29, 0.717) is 36.3 Å². The van der Waals surface area contributed by atoms with Gasteiger partial charge in [-0.25, -0.2) is 9.98 Å². The number of anilines is 1. The number of pyridine rings is 1. The van der Waals surface area contributed by atoms with E-state index in [1.165, 1.54) is 0 Å². The summed E-state index contributed by atoms with van der Waals surface area (Å²) in [5.41, 5.74) is 7.60. The van der Waals surface area contributed by atoms with E-state index in [4.69, 9.17) is 24.7 Å². The molecule has 0 aliphatic carbocycles. The average Bonchev–Trinajstić information content (AvgIpc) is 2.83. The van der Waals surface area contributed by atoms with Crippen molar-refractivity contribution in [2.45, 2.75) is 19.9 Å². The molecule has 0 amide bonds. The topological polar surface area (TPSA) is 100 Å². The van der Waals surface area contributed by atoms with Gasteiger partial charge in [-0.15, -0.1) is 24.0 Å². The second-order valence-electron chi connectivity index (χ2n) is 6.79. The minimum atomic E-state index is 0. The van der Waals surface area contributed by atoms with Gasteiger partial charge < -0.3 is 30.0 Å². The molecule has 0 unspecified atom stereocenters. The Kier molecular flexibility index (Phi) is 10.5. The third-order valence-corrected chi connectivity index (χ3v) is 4.44. The number of halogens is 1. The smallest absolute Gasteiger partial charge is 0.224 e. The SMILES string of the molecule is CCCOc1ccc(Oc2ncccc2CN=C(N)Nc2ccc(OC)c(OC)c2)cc1.I. The van der Waals surface area contributed by atoms with Gasteiger partial charge >= 0.3 is 0 Å². The third kappa shape index (κ3) is 7.70. The van der Waals surface area contributed by atoms with E-state index in [-0.39, 0.29) is 29.9 Å². The van der Waals surface area contributed by atoms with Gasteiger partial charge in [0.15, 0.2) is 17.5 Å². The van der Waals surface area contributed by atoms with Crippen LogP contribution in [0.1, 0.15) is 18.9 Å². The van der Waals surface area contributed by atoms with Crippen molar-refractivity contribution in [2.24, 2.45) is 10.7 Å². The number of ether oxygens (including phenoxy) is 4. The number of rotatable bonds is 10. The largest absolute Gasteiger partial charge is 0.494 e. The Morgan fingerprint density at radius 1 is 1.00 bits per heavy atom. The first-order chi connectivity index (χ1) is 15.6. The molecule has 176 valence electrons. The fourth-order valence-corrected chi connectivity index (χ4v) is 2.84. The second-order valence-corrected chi connectivity index (χ2v) is 6.79. The average molecular weight is 564 g/mol. The first-order valence-corrected chi connectivity index (χ1v) is 10.3. The molecule has 0 spiro atoms. The number of aliphatic imine (C=N–C) groups is 1. The maximum atomic E-state index is 6.07. The summed E-state index contributed by atoms with van der Waals surface area (Å²) < 4.78 is 22.1. The molecule has 0 saturated heterocycles. The Bertz CT molecular complexity index is 1040. The van der Waals surface area contributed by atoms with Crippen LogP contribution in [0.5, 0.6) is 28.9 Å². The van der Waals surface area contributed by atoms with Crippen LogP contribution in [0.2, 0.25) is 0 Å². The Balaban J connectivity index is 0.00000385. The summed E-state index contributed by atoms with van der Waals surface area (Å²) in [6.45, 7) is 3.05. The summed E-state index contributed by atoms with van der Waals surface area (Å²) in [5, 5.41) is 3.05. The van der Waals surface area contributed by atoms with Gasteiger partial charge in [-0.3, -0.25) is 0 Å². The number of guanidine groups is 1. The highest BCUT2D eigenvalue weighted by atomic mass is 127.